The van der Waals surface area contributed by atoms with Crippen molar-refractivity contribution in [2.45, 2.75) is 0 Å². The molecule has 5 nitrogen and oxygen atoms in total. The Bertz CT molecular complexity index is 890. The van der Waals surface area contributed by atoms with Crippen LogP contribution in [0.15, 0.2) is 42.6 Å². The number of hydrogen-bond donors (Lipinski definition) is 2. The van der Waals surface area contributed by atoms with Gasteiger partial charge in [-0.2, -0.15) is 0 Å². The number of carbonyl (C=O) groups is 2. The molecule has 0 aliphatic rings. The van der Waals surface area contributed by atoms with Gasteiger partial charge in [-0.15, -0.1) is 11.3 Å². The van der Waals surface area contributed by atoms with Crippen molar-refractivity contribution < 1.29 is 19.1 Å². The zero-order valence-electron chi connectivity index (χ0n) is 11.7. The number of rotatable bonds is 4. The number of carboxylic acid groups (broad SMARTS) is 1. The molecule has 116 valence electrons. The highest BCUT2D eigenvalue weighted by molar-refractivity contribution is 7.21. The number of nitrogens with one attached hydrogen (secondary N) is 1. The second-order valence-electron chi connectivity index (χ2n) is 4.75. The van der Waals surface area contributed by atoms with Crippen molar-refractivity contribution in [2.24, 2.45) is 0 Å². The van der Waals surface area contributed by atoms with E-state index in [0.717, 1.165) is 5.39 Å². The quantitative estimate of drug-likeness (QED) is 0.771. The first kappa shape index (κ1) is 15.1. The van der Waals surface area contributed by atoms with Gasteiger partial charge in [0.25, 0.3) is 5.91 Å². The Morgan fingerprint density at radius 2 is 1.96 bits per heavy atom. The largest absolute Gasteiger partial charge is 0.480 e. The summed E-state index contributed by atoms with van der Waals surface area (Å²) in [5.41, 5.74) is 1.30. The van der Waals surface area contributed by atoms with E-state index < -0.39 is 18.4 Å². The number of benzene rings is 1. The molecule has 0 saturated carbocycles. The Morgan fingerprint density at radius 1 is 1.22 bits per heavy atom. The Morgan fingerprint density at radius 3 is 2.65 bits per heavy atom. The van der Waals surface area contributed by atoms with Gasteiger partial charge in [0, 0.05) is 17.1 Å². The lowest BCUT2D eigenvalue weighted by Gasteiger charge is -2.05. The molecule has 0 spiro atoms. The molecule has 0 aliphatic carbocycles. The number of pyridine rings is 1. The number of amides is 1. The first-order chi connectivity index (χ1) is 11.1. The van der Waals surface area contributed by atoms with E-state index in [2.05, 4.69) is 10.3 Å². The summed E-state index contributed by atoms with van der Waals surface area (Å²) in [7, 11) is 0. The van der Waals surface area contributed by atoms with E-state index in [9.17, 15) is 14.0 Å². The molecule has 23 heavy (non-hydrogen) atoms. The molecule has 0 bridgehead atoms. The van der Waals surface area contributed by atoms with Gasteiger partial charge in [-0.3, -0.25) is 9.59 Å². The molecule has 3 rings (SSSR count). The maximum atomic E-state index is 13.2. The number of thiophene rings is 1. The third kappa shape index (κ3) is 3.04. The zero-order chi connectivity index (χ0) is 16.4. The fraction of sp³-hybridized carbons (Fsp3) is 0.0625. The monoisotopic (exact) mass is 330 g/mol. The minimum atomic E-state index is -1.12. The normalized spacial score (nSPS) is 10.7. The van der Waals surface area contributed by atoms with Crippen LogP contribution in [0.3, 0.4) is 0 Å². The number of aromatic nitrogens is 1. The second-order valence-corrected chi connectivity index (χ2v) is 5.74. The number of aliphatic carboxylic acids is 1. The average Bonchev–Trinajstić information content (AvgIpc) is 2.93. The maximum Gasteiger partial charge on any atom is 0.322 e. The van der Waals surface area contributed by atoms with Gasteiger partial charge >= 0.3 is 5.97 Å². The van der Waals surface area contributed by atoms with Gasteiger partial charge in [0.15, 0.2) is 0 Å². The van der Waals surface area contributed by atoms with Crippen LogP contribution in [-0.2, 0) is 4.79 Å². The summed E-state index contributed by atoms with van der Waals surface area (Å²) in [5, 5.41) is 11.8. The van der Waals surface area contributed by atoms with E-state index in [-0.39, 0.29) is 5.82 Å². The van der Waals surface area contributed by atoms with E-state index in [4.69, 9.17) is 5.11 Å². The second kappa shape index (κ2) is 6.13. The van der Waals surface area contributed by atoms with Crippen molar-refractivity contribution in [3.8, 4) is 11.1 Å². The van der Waals surface area contributed by atoms with Crippen LogP contribution in [0.5, 0.6) is 0 Å². The fourth-order valence-electron chi connectivity index (χ4n) is 2.23. The summed E-state index contributed by atoms with van der Waals surface area (Å²) < 4.78 is 13.2. The molecule has 0 radical (unpaired) electrons. The first-order valence-corrected chi connectivity index (χ1v) is 7.51. The molecule has 1 amide bonds. The molecule has 2 N–H and O–H groups in total. The predicted molar refractivity (Wildman–Crippen MR) is 85.0 cm³/mol. The highest BCUT2D eigenvalue weighted by atomic mass is 32.1. The molecule has 2 aromatic heterocycles. The maximum absolute atomic E-state index is 13.2. The van der Waals surface area contributed by atoms with Crippen LogP contribution in [-0.4, -0.2) is 28.5 Å². The summed E-state index contributed by atoms with van der Waals surface area (Å²) in [6.45, 7) is -0.469. The van der Waals surface area contributed by atoms with E-state index >= 15 is 0 Å². The van der Waals surface area contributed by atoms with Crippen LogP contribution in [0.25, 0.3) is 21.3 Å². The average molecular weight is 330 g/mol. The van der Waals surface area contributed by atoms with Crippen molar-refractivity contribution in [3.63, 3.8) is 0 Å². The van der Waals surface area contributed by atoms with Crippen molar-refractivity contribution in [1.82, 2.24) is 10.3 Å². The lowest BCUT2D eigenvalue weighted by atomic mass is 10.0. The molecule has 2 heterocycles. The molecule has 0 fully saturated rings. The summed E-state index contributed by atoms with van der Waals surface area (Å²) in [4.78, 5) is 28.2. The van der Waals surface area contributed by atoms with E-state index in [0.29, 0.717) is 20.8 Å². The van der Waals surface area contributed by atoms with Gasteiger partial charge in [-0.25, -0.2) is 9.37 Å². The van der Waals surface area contributed by atoms with Crippen molar-refractivity contribution in [1.29, 1.82) is 0 Å². The molecular formula is C16H11FN2O3S. The predicted octanol–water partition coefficient (Wildman–Crippen LogP) is 2.92. The molecule has 0 atom stereocenters. The van der Waals surface area contributed by atoms with Crippen LogP contribution in [0.4, 0.5) is 4.39 Å². The number of carboxylic acids is 1. The number of fused-ring (bicyclic) bond motifs is 1. The van der Waals surface area contributed by atoms with Gasteiger partial charge in [0.1, 0.15) is 22.1 Å². The first-order valence-electron chi connectivity index (χ1n) is 6.69. The summed E-state index contributed by atoms with van der Waals surface area (Å²) in [6, 6.07) is 9.37. The van der Waals surface area contributed by atoms with E-state index in [1.54, 1.807) is 24.4 Å². The summed E-state index contributed by atoms with van der Waals surface area (Å²) >= 11 is 1.17. The van der Waals surface area contributed by atoms with Gasteiger partial charge in [-0.1, -0.05) is 12.1 Å². The van der Waals surface area contributed by atoms with Gasteiger partial charge in [0.05, 0.1) is 0 Å². The van der Waals surface area contributed by atoms with Crippen LogP contribution < -0.4 is 5.32 Å². The third-order valence-electron chi connectivity index (χ3n) is 3.21. The van der Waals surface area contributed by atoms with Crippen LogP contribution >= 0.6 is 11.3 Å². The molecule has 0 unspecified atom stereocenters. The SMILES string of the molecule is O=C(O)CNC(=O)c1sc2ncccc2c1-c1ccc(F)cc1. The Balaban J connectivity index is 2.13. The number of halogens is 1. The lowest BCUT2D eigenvalue weighted by Crippen LogP contribution is -2.28. The molecular weight excluding hydrogens is 319 g/mol. The minimum Gasteiger partial charge on any atom is -0.480 e. The fourth-order valence-corrected chi connectivity index (χ4v) is 3.31. The number of nitrogens with zero attached hydrogens (tertiary/aromatic N) is 1. The van der Waals surface area contributed by atoms with Gasteiger partial charge in [0.2, 0.25) is 0 Å². The highest BCUT2D eigenvalue weighted by Gasteiger charge is 2.20. The summed E-state index contributed by atoms with van der Waals surface area (Å²) in [6.07, 6.45) is 1.62. The lowest BCUT2D eigenvalue weighted by molar-refractivity contribution is -0.135. The topological polar surface area (TPSA) is 79.3 Å². The van der Waals surface area contributed by atoms with Crippen molar-refractivity contribution >= 4 is 33.4 Å². The smallest absolute Gasteiger partial charge is 0.322 e. The van der Waals surface area contributed by atoms with Gasteiger partial charge in [-0.05, 0) is 29.8 Å². The Labute approximate surface area is 134 Å². The molecule has 3 aromatic rings. The molecule has 0 saturated heterocycles. The molecule has 1 aromatic carbocycles. The van der Waals surface area contributed by atoms with E-state index in [1.165, 1.54) is 23.5 Å². The molecule has 7 heteroatoms. The Hall–Kier alpha value is -2.80. The number of hydrogen-bond acceptors (Lipinski definition) is 4. The Kier molecular flexibility index (Phi) is 4.03. The van der Waals surface area contributed by atoms with Crippen LogP contribution in [0.1, 0.15) is 9.67 Å². The van der Waals surface area contributed by atoms with Gasteiger partial charge < -0.3 is 10.4 Å². The van der Waals surface area contributed by atoms with Crippen LogP contribution in [0.2, 0.25) is 0 Å². The van der Waals surface area contributed by atoms with Crippen molar-refractivity contribution in [2.75, 3.05) is 6.54 Å². The third-order valence-corrected chi connectivity index (χ3v) is 4.32. The highest BCUT2D eigenvalue weighted by Crippen LogP contribution is 2.37. The zero-order valence-corrected chi connectivity index (χ0v) is 12.6. The van der Waals surface area contributed by atoms with E-state index in [1.807, 2.05) is 6.07 Å². The molecule has 0 aliphatic heterocycles. The summed E-state index contributed by atoms with van der Waals surface area (Å²) in [5.74, 6) is -1.99. The number of carbonyl (C=O) groups excluding carboxylic acids is 1. The minimum absolute atomic E-state index is 0.353. The van der Waals surface area contributed by atoms with Crippen molar-refractivity contribution in [3.05, 3.63) is 53.3 Å². The standard InChI is InChI=1S/C16H11FN2O3S/c17-10-5-3-9(4-6-10)13-11-2-1-7-18-16(11)23-14(13)15(22)19-8-12(20)21/h1-7H,8H2,(H,19,22)(H,20,21). The van der Waals surface area contributed by atoms with Crippen LogP contribution in [0, 0.1) is 5.82 Å².